The molecule has 0 aromatic heterocycles. The fourth-order valence-electron chi connectivity index (χ4n) is 2.03. The van der Waals surface area contributed by atoms with E-state index < -0.39 is 6.10 Å². The maximum absolute atomic E-state index is 9.50. The SMILES string of the molecule is CC(O)c1ccc2c(c1)OCCC2(C)C. The number of hydrogen-bond acceptors (Lipinski definition) is 2. The largest absolute Gasteiger partial charge is 0.493 e. The quantitative estimate of drug-likeness (QED) is 0.765. The molecule has 1 aliphatic heterocycles. The van der Waals surface area contributed by atoms with Crippen LogP contribution in [0.1, 0.15) is 44.4 Å². The van der Waals surface area contributed by atoms with E-state index in [0.29, 0.717) is 0 Å². The van der Waals surface area contributed by atoms with E-state index in [2.05, 4.69) is 19.9 Å². The van der Waals surface area contributed by atoms with E-state index >= 15 is 0 Å². The summed E-state index contributed by atoms with van der Waals surface area (Å²) >= 11 is 0. The molecule has 0 saturated carbocycles. The predicted octanol–water partition coefficient (Wildman–Crippen LogP) is 2.80. The third kappa shape index (κ3) is 1.86. The summed E-state index contributed by atoms with van der Waals surface area (Å²) in [6.07, 6.45) is 0.623. The van der Waals surface area contributed by atoms with Crippen LogP contribution in [0.25, 0.3) is 0 Å². The molecule has 2 heteroatoms. The average molecular weight is 206 g/mol. The second-order valence-corrected chi connectivity index (χ2v) is 4.91. The summed E-state index contributed by atoms with van der Waals surface area (Å²) < 4.78 is 5.64. The van der Waals surface area contributed by atoms with Gasteiger partial charge in [-0.1, -0.05) is 26.0 Å². The first-order chi connectivity index (χ1) is 7.00. The lowest BCUT2D eigenvalue weighted by Crippen LogP contribution is -2.26. The molecule has 82 valence electrons. The minimum atomic E-state index is -0.427. The smallest absolute Gasteiger partial charge is 0.123 e. The normalized spacial score (nSPS) is 20.3. The Bertz CT molecular complexity index is 367. The Hall–Kier alpha value is -1.02. The van der Waals surface area contributed by atoms with Crippen molar-refractivity contribution < 1.29 is 9.84 Å². The highest BCUT2D eigenvalue weighted by atomic mass is 16.5. The molecule has 1 aromatic rings. The van der Waals surface area contributed by atoms with Gasteiger partial charge in [0, 0.05) is 0 Å². The number of hydrogen-bond donors (Lipinski definition) is 1. The number of benzene rings is 1. The topological polar surface area (TPSA) is 29.5 Å². The molecule has 0 saturated heterocycles. The first kappa shape index (κ1) is 10.5. The van der Waals surface area contributed by atoms with Crippen molar-refractivity contribution in [1.82, 2.24) is 0 Å². The molecule has 0 spiro atoms. The molecule has 0 fully saturated rings. The minimum absolute atomic E-state index is 0.185. The van der Waals surface area contributed by atoms with Gasteiger partial charge in [-0.2, -0.15) is 0 Å². The van der Waals surface area contributed by atoms with Crippen molar-refractivity contribution in [2.24, 2.45) is 0 Å². The highest BCUT2D eigenvalue weighted by Gasteiger charge is 2.28. The second-order valence-electron chi connectivity index (χ2n) is 4.91. The summed E-state index contributed by atoms with van der Waals surface area (Å²) in [7, 11) is 0. The molecule has 2 rings (SSSR count). The van der Waals surface area contributed by atoms with Crippen LogP contribution >= 0.6 is 0 Å². The minimum Gasteiger partial charge on any atom is -0.493 e. The summed E-state index contributed by atoms with van der Waals surface area (Å²) in [6.45, 7) is 7.01. The van der Waals surface area contributed by atoms with Gasteiger partial charge in [0.25, 0.3) is 0 Å². The maximum Gasteiger partial charge on any atom is 0.123 e. The van der Waals surface area contributed by atoms with Crippen molar-refractivity contribution in [2.45, 2.75) is 38.7 Å². The molecule has 0 aliphatic carbocycles. The number of aliphatic hydroxyl groups is 1. The van der Waals surface area contributed by atoms with Gasteiger partial charge in [0.15, 0.2) is 0 Å². The maximum atomic E-state index is 9.50. The zero-order valence-electron chi connectivity index (χ0n) is 9.58. The van der Waals surface area contributed by atoms with Crippen LogP contribution < -0.4 is 4.74 Å². The van der Waals surface area contributed by atoms with Crippen LogP contribution in [0.5, 0.6) is 5.75 Å². The van der Waals surface area contributed by atoms with Crippen LogP contribution in [0.4, 0.5) is 0 Å². The predicted molar refractivity (Wildman–Crippen MR) is 60.2 cm³/mol. The Balaban J connectivity index is 2.45. The van der Waals surface area contributed by atoms with E-state index in [4.69, 9.17) is 4.74 Å². The van der Waals surface area contributed by atoms with Crippen molar-refractivity contribution in [3.05, 3.63) is 29.3 Å². The molecule has 1 unspecified atom stereocenters. The summed E-state index contributed by atoms with van der Waals surface area (Å²) in [4.78, 5) is 0. The Morgan fingerprint density at radius 3 is 2.80 bits per heavy atom. The third-order valence-corrected chi connectivity index (χ3v) is 3.20. The lowest BCUT2D eigenvalue weighted by molar-refractivity contribution is 0.196. The number of fused-ring (bicyclic) bond motifs is 1. The van der Waals surface area contributed by atoms with Gasteiger partial charge < -0.3 is 9.84 Å². The first-order valence-electron chi connectivity index (χ1n) is 5.46. The number of aliphatic hydroxyl groups excluding tert-OH is 1. The highest BCUT2D eigenvalue weighted by Crippen LogP contribution is 2.39. The molecule has 0 radical (unpaired) electrons. The molecule has 2 nitrogen and oxygen atoms in total. The molecular weight excluding hydrogens is 188 g/mol. The van der Waals surface area contributed by atoms with E-state index in [1.807, 2.05) is 12.1 Å². The molecule has 1 aliphatic rings. The summed E-state index contributed by atoms with van der Waals surface area (Å²) in [5, 5.41) is 9.50. The fraction of sp³-hybridized carbons (Fsp3) is 0.538. The lowest BCUT2D eigenvalue weighted by atomic mass is 9.79. The van der Waals surface area contributed by atoms with Crippen LogP contribution in [-0.4, -0.2) is 11.7 Å². The molecule has 15 heavy (non-hydrogen) atoms. The zero-order valence-corrected chi connectivity index (χ0v) is 9.58. The van der Waals surface area contributed by atoms with E-state index in [1.165, 1.54) is 5.56 Å². The van der Waals surface area contributed by atoms with Crippen LogP contribution in [0.3, 0.4) is 0 Å². The van der Waals surface area contributed by atoms with Crippen LogP contribution in [0.15, 0.2) is 18.2 Å². The van der Waals surface area contributed by atoms with Gasteiger partial charge in [0.1, 0.15) is 5.75 Å². The molecule has 1 atom stereocenters. The summed E-state index contributed by atoms with van der Waals surface area (Å²) in [5.74, 6) is 0.935. The van der Waals surface area contributed by atoms with Crippen LogP contribution in [0, 0.1) is 0 Å². The van der Waals surface area contributed by atoms with Crippen molar-refractivity contribution >= 4 is 0 Å². The molecule has 1 heterocycles. The number of ether oxygens (including phenoxy) is 1. The van der Waals surface area contributed by atoms with Crippen molar-refractivity contribution in [3.8, 4) is 5.75 Å². The highest BCUT2D eigenvalue weighted by molar-refractivity contribution is 5.43. The Labute approximate surface area is 90.9 Å². The van der Waals surface area contributed by atoms with E-state index in [9.17, 15) is 5.11 Å². The van der Waals surface area contributed by atoms with Crippen LogP contribution in [-0.2, 0) is 5.41 Å². The van der Waals surface area contributed by atoms with Crippen LogP contribution in [0.2, 0.25) is 0 Å². The van der Waals surface area contributed by atoms with Gasteiger partial charge in [0.2, 0.25) is 0 Å². The van der Waals surface area contributed by atoms with Gasteiger partial charge in [-0.25, -0.2) is 0 Å². The van der Waals surface area contributed by atoms with Gasteiger partial charge in [-0.05, 0) is 36.0 Å². The van der Waals surface area contributed by atoms with Crippen molar-refractivity contribution in [1.29, 1.82) is 0 Å². The van der Waals surface area contributed by atoms with Crippen molar-refractivity contribution in [2.75, 3.05) is 6.61 Å². The van der Waals surface area contributed by atoms with Gasteiger partial charge in [0.05, 0.1) is 12.7 Å². The zero-order chi connectivity index (χ0) is 11.1. The fourth-order valence-corrected chi connectivity index (χ4v) is 2.03. The third-order valence-electron chi connectivity index (χ3n) is 3.20. The summed E-state index contributed by atoms with van der Waals surface area (Å²) in [5.41, 5.74) is 2.36. The first-order valence-corrected chi connectivity index (χ1v) is 5.46. The van der Waals surface area contributed by atoms with E-state index in [1.54, 1.807) is 6.92 Å². The van der Waals surface area contributed by atoms with Gasteiger partial charge >= 0.3 is 0 Å². The van der Waals surface area contributed by atoms with Gasteiger partial charge in [-0.15, -0.1) is 0 Å². The molecule has 1 N–H and O–H groups in total. The molecular formula is C13H18O2. The Morgan fingerprint density at radius 1 is 1.40 bits per heavy atom. The second kappa shape index (κ2) is 3.53. The average Bonchev–Trinajstić information content (AvgIpc) is 2.16. The molecule has 1 aromatic carbocycles. The Kier molecular flexibility index (Phi) is 2.47. The summed E-state index contributed by atoms with van der Waals surface area (Å²) in [6, 6.07) is 6.03. The lowest BCUT2D eigenvalue weighted by Gasteiger charge is -2.32. The van der Waals surface area contributed by atoms with Gasteiger partial charge in [-0.3, -0.25) is 0 Å². The Morgan fingerprint density at radius 2 is 2.13 bits per heavy atom. The molecule has 0 amide bonds. The number of rotatable bonds is 1. The monoisotopic (exact) mass is 206 g/mol. The van der Waals surface area contributed by atoms with Crippen molar-refractivity contribution in [3.63, 3.8) is 0 Å². The van der Waals surface area contributed by atoms with E-state index in [0.717, 1.165) is 24.3 Å². The molecule has 0 bridgehead atoms. The standard InChI is InChI=1S/C13H18O2/c1-9(14)10-4-5-11-12(8-10)15-7-6-13(11,2)3/h4-5,8-9,14H,6-7H2,1-3H3. The van der Waals surface area contributed by atoms with E-state index in [-0.39, 0.29) is 5.41 Å².